The van der Waals surface area contributed by atoms with E-state index in [0.29, 0.717) is 17.3 Å². The lowest BCUT2D eigenvalue weighted by Gasteiger charge is -2.29. The summed E-state index contributed by atoms with van der Waals surface area (Å²) in [7, 11) is 0. The molecule has 0 rings (SSSR count). The van der Waals surface area contributed by atoms with Crippen molar-refractivity contribution < 1.29 is 15.5 Å². The second-order valence-corrected chi connectivity index (χ2v) is 7.77. The van der Waals surface area contributed by atoms with Crippen LogP contribution in [0.15, 0.2) is 12.2 Å². The average Bonchev–Trinajstić information content (AvgIpc) is 2.13. The first kappa shape index (κ1) is 24.0. The summed E-state index contributed by atoms with van der Waals surface area (Å²) in [6.07, 6.45) is 5.67. The maximum absolute atomic E-state index is 9.03. The second kappa shape index (κ2) is 9.81. The van der Waals surface area contributed by atoms with Crippen molar-refractivity contribution >= 4 is 12.0 Å². The summed E-state index contributed by atoms with van der Waals surface area (Å²) >= 11 is 0.967. The van der Waals surface area contributed by atoms with Crippen LogP contribution in [0.1, 0.15) is 54.9 Å². The molecule has 4 heteroatoms. The van der Waals surface area contributed by atoms with Crippen LogP contribution in [0, 0.1) is 22.7 Å². The largest absolute Gasteiger partial charge is 0.412 e. The third-order valence-corrected chi connectivity index (χ3v) is 4.26. The number of hydrogen-bond acceptors (Lipinski definition) is 2. The van der Waals surface area contributed by atoms with Gasteiger partial charge < -0.3 is 15.5 Å². The van der Waals surface area contributed by atoms with Crippen LogP contribution < -0.4 is 0 Å². The number of hydrogen-bond donors (Lipinski definition) is 1. The highest BCUT2D eigenvalue weighted by atomic mass is 32.2. The first-order chi connectivity index (χ1) is 7.59. The van der Waals surface area contributed by atoms with E-state index in [1.807, 2.05) is 0 Å². The van der Waals surface area contributed by atoms with Gasteiger partial charge in [-0.15, -0.1) is 0 Å². The molecule has 0 radical (unpaired) electrons. The molecule has 0 fully saturated rings. The van der Waals surface area contributed by atoms with E-state index in [9.17, 15) is 0 Å². The molecule has 0 aromatic rings. The van der Waals surface area contributed by atoms with E-state index < -0.39 is 0 Å². The van der Waals surface area contributed by atoms with Crippen molar-refractivity contribution in [1.82, 2.24) is 0 Å². The Balaban J connectivity index is -0.00000128. The summed E-state index contributed by atoms with van der Waals surface area (Å²) in [5.41, 5.74) is 0.588. The molecule has 0 bridgehead atoms. The van der Waals surface area contributed by atoms with Gasteiger partial charge in [-0.1, -0.05) is 60.6 Å². The lowest BCUT2D eigenvalue weighted by atomic mass is 9.78. The molecule has 0 spiro atoms. The summed E-state index contributed by atoms with van der Waals surface area (Å²) in [6.45, 7) is 15.8. The molecule has 19 heavy (non-hydrogen) atoms. The van der Waals surface area contributed by atoms with Crippen LogP contribution in [-0.2, 0) is 0 Å². The molecule has 0 aliphatic rings. The smallest absolute Gasteiger partial charge is 0.0231 e. The summed E-state index contributed by atoms with van der Waals surface area (Å²) < 4.78 is 9.03. The van der Waals surface area contributed by atoms with Crippen LogP contribution in [0.3, 0.4) is 0 Å². The molecule has 3 nitrogen and oxygen atoms in total. The quantitative estimate of drug-likeness (QED) is 0.617. The predicted octanol–water partition coefficient (Wildman–Crippen LogP) is 3.83. The molecule has 0 aromatic heterocycles. The van der Waals surface area contributed by atoms with Crippen LogP contribution in [0.5, 0.6) is 0 Å². The van der Waals surface area contributed by atoms with Gasteiger partial charge in [0.2, 0.25) is 0 Å². The minimum atomic E-state index is 0. The van der Waals surface area contributed by atoms with Gasteiger partial charge in [0, 0.05) is 5.75 Å². The Labute approximate surface area is 123 Å². The van der Waals surface area contributed by atoms with Gasteiger partial charge in [-0.25, -0.2) is 0 Å². The molecule has 0 saturated carbocycles. The predicted molar refractivity (Wildman–Crippen MR) is 87.6 cm³/mol. The van der Waals surface area contributed by atoms with Gasteiger partial charge in [0.15, 0.2) is 0 Å². The normalized spacial score (nSPS) is 15.6. The molecule has 0 saturated heterocycles. The number of rotatable bonds is 5. The van der Waals surface area contributed by atoms with E-state index in [1.165, 1.54) is 0 Å². The third kappa shape index (κ3) is 10.4. The van der Waals surface area contributed by atoms with Crippen molar-refractivity contribution in [3.8, 4) is 0 Å². The lowest BCUT2D eigenvalue weighted by molar-refractivity contribution is 0.266. The SMILES string of the molecule is CC(/C=C\CC(CSO)C(C)(C)C)C(C)(C)C.O.O. The standard InChI is InChI=1S/C15H30OS.2H2O/c1-12(14(2,3)4)9-8-10-13(11-17-16)15(5,6)7;;/h8-9,12-13,16H,10-11H2,1-7H3;2*1H2/b9-8-;;. The molecule has 2 atom stereocenters. The second-order valence-electron chi connectivity index (χ2n) is 7.18. The Hall–Kier alpha value is -0.0300. The van der Waals surface area contributed by atoms with Gasteiger partial charge in [-0.05, 0) is 41.1 Å². The van der Waals surface area contributed by atoms with Crippen molar-refractivity contribution in [1.29, 1.82) is 0 Å². The van der Waals surface area contributed by atoms with Crippen molar-refractivity contribution in [3.63, 3.8) is 0 Å². The topological polar surface area (TPSA) is 83.2 Å². The minimum Gasteiger partial charge on any atom is -0.412 e. The lowest BCUT2D eigenvalue weighted by Crippen LogP contribution is -2.22. The molecular formula is C15H34O3S. The Morgan fingerprint density at radius 2 is 1.47 bits per heavy atom. The fourth-order valence-corrected chi connectivity index (χ4v) is 2.31. The van der Waals surface area contributed by atoms with Crippen molar-refractivity contribution in [2.75, 3.05) is 5.75 Å². The summed E-state index contributed by atoms with van der Waals surface area (Å²) in [6, 6.07) is 0. The van der Waals surface area contributed by atoms with E-state index in [0.717, 1.165) is 24.2 Å². The highest BCUT2D eigenvalue weighted by molar-refractivity contribution is 7.93. The Morgan fingerprint density at radius 3 is 1.79 bits per heavy atom. The van der Waals surface area contributed by atoms with Gasteiger partial charge in [0.1, 0.15) is 0 Å². The average molecular weight is 295 g/mol. The van der Waals surface area contributed by atoms with E-state index >= 15 is 0 Å². The molecule has 2 unspecified atom stereocenters. The van der Waals surface area contributed by atoms with Crippen molar-refractivity contribution in [3.05, 3.63) is 12.2 Å². The van der Waals surface area contributed by atoms with E-state index in [1.54, 1.807) is 0 Å². The third-order valence-electron chi connectivity index (χ3n) is 3.71. The fraction of sp³-hybridized carbons (Fsp3) is 0.867. The molecule has 0 heterocycles. The van der Waals surface area contributed by atoms with E-state index in [2.05, 4.69) is 60.6 Å². The highest BCUT2D eigenvalue weighted by Crippen LogP contribution is 2.32. The molecule has 0 amide bonds. The van der Waals surface area contributed by atoms with Gasteiger partial charge >= 0.3 is 0 Å². The summed E-state index contributed by atoms with van der Waals surface area (Å²) in [4.78, 5) is 0. The van der Waals surface area contributed by atoms with Crippen LogP contribution in [-0.4, -0.2) is 21.3 Å². The maximum atomic E-state index is 9.03. The zero-order valence-electron chi connectivity index (χ0n) is 13.6. The first-order valence-electron chi connectivity index (χ1n) is 6.52. The van der Waals surface area contributed by atoms with Crippen molar-refractivity contribution in [2.24, 2.45) is 22.7 Å². The summed E-state index contributed by atoms with van der Waals surface area (Å²) in [5.74, 6) is 1.93. The fourth-order valence-electron chi connectivity index (χ4n) is 1.50. The van der Waals surface area contributed by atoms with Crippen LogP contribution >= 0.6 is 12.0 Å². The highest BCUT2D eigenvalue weighted by Gasteiger charge is 2.23. The summed E-state index contributed by atoms with van der Waals surface area (Å²) in [5, 5.41) is 0. The monoisotopic (exact) mass is 294 g/mol. The van der Waals surface area contributed by atoms with Gasteiger partial charge in [-0.2, -0.15) is 0 Å². The van der Waals surface area contributed by atoms with Crippen molar-refractivity contribution in [2.45, 2.75) is 54.9 Å². The van der Waals surface area contributed by atoms with Gasteiger partial charge in [-0.3, -0.25) is 0 Å². The Morgan fingerprint density at radius 1 is 1.00 bits per heavy atom. The van der Waals surface area contributed by atoms with E-state index in [-0.39, 0.29) is 16.4 Å². The maximum Gasteiger partial charge on any atom is 0.0231 e. The van der Waals surface area contributed by atoms with Crippen LogP contribution in [0.4, 0.5) is 0 Å². The molecule has 0 aliphatic carbocycles. The zero-order valence-corrected chi connectivity index (χ0v) is 14.4. The van der Waals surface area contributed by atoms with Gasteiger partial charge in [0.05, 0.1) is 0 Å². The van der Waals surface area contributed by atoms with Crippen LogP contribution in [0.2, 0.25) is 0 Å². The van der Waals surface area contributed by atoms with E-state index in [4.69, 9.17) is 4.55 Å². The minimum absolute atomic E-state index is 0. The van der Waals surface area contributed by atoms with Crippen LogP contribution in [0.25, 0.3) is 0 Å². The Kier molecular flexibility index (Phi) is 12.4. The zero-order chi connectivity index (χ0) is 13.7. The number of allylic oxidation sites excluding steroid dienone is 2. The molecule has 5 N–H and O–H groups in total. The van der Waals surface area contributed by atoms with Gasteiger partial charge in [0.25, 0.3) is 0 Å². The molecular weight excluding hydrogens is 260 g/mol. The Bertz CT molecular complexity index is 239. The molecule has 0 aromatic carbocycles. The first-order valence-corrected chi connectivity index (χ1v) is 7.46. The molecule has 0 aliphatic heterocycles. The molecule has 118 valence electrons.